The number of rotatable bonds is 7. The van der Waals surface area contributed by atoms with E-state index in [2.05, 4.69) is 16.7 Å². The third kappa shape index (κ3) is 6.46. The number of nitrogens with one attached hydrogen (secondary N) is 2. The van der Waals surface area contributed by atoms with Crippen LogP contribution in [0.5, 0.6) is 0 Å². The van der Waals surface area contributed by atoms with Crippen LogP contribution in [0.25, 0.3) is 0 Å². The van der Waals surface area contributed by atoms with Crippen molar-refractivity contribution in [2.24, 2.45) is 5.92 Å². The summed E-state index contributed by atoms with van der Waals surface area (Å²) in [4.78, 5) is 11.8. The molecule has 1 aromatic rings. The van der Waals surface area contributed by atoms with E-state index in [-0.39, 0.29) is 18.3 Å². The van der Waals surface area contributed by atoms with Gasteiger partial charge in [-0.05, 0) is 43.0 Å². The lowest BCUT2D eigenvalue weighted by atomic mass is 10.0. The average molecular weight is 313 g/mol. The second-order valence-corrected chi connectivity index (χ2v) is 5.43. The molecule has 21 heavy (non-hydrogen) atoms. The van der Waals surface area contributed by atoms with E-state index in [1.54, 1.807) is 7.11 Å². The maximum atomic E-state index is 11.8. The highest BCUT2D eigenvalue weighted by Gasteiger charge is 2.15. The molecule has 2 rings (SSSR count). The number of carbonyl (C=O) groups excluding carboxylic acids is 1. The minimum Gasteiger partial charge on any atom is -0.380 e. The zero-order chi connectivity index (χ0) is 14.2. The third-order valence-electron chi connectivity index (χ3n) is 3.73. The first-order valence-corrected chi connectivity index (χ1v) is 7.32. The van der Waals surface area contributed by atoms with Crippen molar-refractivity contribution in [1.29, 1.82) is 0 Å². The van der Waals surface area contributed by atoms with Gasteiger partial charge in [0, 0.05) is 20.1 Å². The van der Waals surface area contributed by atoms with Crippen molar-refractivity contribution in [3.05, 3.63) is 35.4 Å². The van der Waals surface area contributed by atoms with Crippen molar-refractivity contribution < 1.29 is 9.53 Å². The van der Waals surface area contributed by atoms with Crippen LogP contribution in [-0.2, 0) is 22.7 Å². The highest BCUT2D eigenvalue weighted by atomic mass is 35.5. The van der Waals surface area contributed by atoms with E-state index < -0.39 is 0 Å². The van der Waals surface area contributed by atoms with Crippen LogP contribution in [0.4, 0.5) is 0 Å². The molecule has 1 atom stereocenters. The van der Waals surface area contributed by atoms with Gasteiger partial charge in [-0.1, -0.05) is 24.3 Å². The maximum Gasteiger partial charge on any atom is 0.220 e. The van der Waals surface area contributed by atoms with Gasteiger partial charge >= 0.3 is 0 Å². The molecular formula is C16H25ClN2O2. The quantitative estimate of drug-likeness (QED) is 0.812. The molecule has 1 saturated heterocycles. The highest BCUT2D eigenvalue weighted by Crippen LogP contribution is 2.14. The number of benzene rings is 1. The molecule has 1 aromatic carbocycles. The van der Waals surface area contributed by atoms with Crippen LogP contribution in [0.1, 0.15) is 30.4 Å². The summed E-state index contributed by atoms with van der Waals surface area (Å²) < 4.78 is 5.11. The minimum absolute atomic E-state index is 0. The molecule has 1 unspecified atom stereocenters. The Labute approximate surface area is 133 Å². The van der Waals surface area contributed by atoms with Crippen LogP contribution >= 0.6 is 12.4 Å². The van der Waals surface area contributed by atoms with Crippen LogP contribution in [0.2, 0.25) is 0 Å². The lowest BCUT2D eigenvalue weighted by Gasteiger charge is -2.09. The predicted octanol–water partition coefficient (Wildman–Crippen LogP) is 2.26. The van der Waals surface area contributed by atoms with E-state index >= 15 is 0 Å². The Balaban J connectivity index is 0.00000220. The number of carbonyl (C=O) groups is 1. The maximum absolute atomic E-state index is 11.8. The topological polar surface area (TPSA) is 50.4 Å². The van der Waals surface area contributed by atoms with Gasteiger partial charge in [0.2, 0.25) is 5.91 Å². The molecular weight excluding hydrogens is 288 g/mol. The first-order valence-electron chi connectivity index (χ1n) is 7.32. The molecule has 0 saturated carbocycles. The van der Waals surface area contributed by atoms with Gasteiger partial charge in [0.25, 0.3) is 0 Å². The Morgan fingerprint density at radius 1 is 1.43 bits per heavy atom. The molecule has 1 heterocycles. The number of methoxy groups -OCH3 is 1. The van der Waals surface area contributed by atoms with E-state index in [4.69, 9.17) is 4.74 Å². The number of amides is 1. The van der Waals surface area contributed by atoms with Gasteiger partial charge in [0.1, 0.15) is 0 Å². The fraction of sp³-hybridized carbons (Fsp3) is 0.562. The summed E-state index contributed by atoms with van der Waals surface area (Å²) in [6.07, 6.45) is 2.82. The fourth-order valence-electron chi connectivity index (χ4n) is 2.58. The summed E-state index contributed by atoms with van der Waals surface area (Å²) in [5.41, 5.74) is 2.26. The zero-order valence-corrected chi connectivity index (χ0v) is 13.4. The van der Waals surface area contributed by atoms with Gasteiger partial charge < -0.3 is 15.4 Å². The molecule has 0 radical (unpaired) electrons. The van der Waals surface area contributed by atoms with Crippen LogP contribution < -0.4 is 10.6 Å². The van der Waals surface area contributed by atoms with Crippen LogP contribution in [0.3, 0.4) is 0 Å². The van der Waals surface area contributed by atoms with Crippen molar-refractivity contribution in [2.45, 2.75) is 32.4 Å². The lowest BCUT2D eigenvalue weighted by Crippen LogP contribution is -2.23. The molecule has 0 bridgehead atoms. The van der Waals surface area contributed by atoms with Gasteiger partial charge in [0.15, 0.2) is 0 Å². The number of hydrogen-bond donors (Lipinski definition) is 2. The molecule has 118 valence electrons. The van der Waals surface area contributed by atoms with Gasteiger partial charge in [-0.15, -0.1) is 12.4 Å². The number of ether oxygens (including phenoxy) is 1. The predicted molar refractivity (Wildman–Crippen MR) is 86.5 cm³/mol. The van der Waals surface area contributed by atoms with Gasteiger partial charge in [-0.2, -0.15) is 0 Å². The molecule has 4 nitrogen and oxygen atoms in total. The fourth-order valence-corrected chi connectivity index (χ4v) is 2.58. The molecule has 1 aliphatic rings. The molecule has 0 aliphatic carbocycles. The Bertz CT molecular complexity index is 434. The summed E-state index contributed by atoms with van der Waals surface area (Å²) >= 11 is 0. The monoisotopic (exact) mass is 312 g/mol. The van der Waals surface area contributed by atoms with Gasteiger partial charge in [-0.3, -0.25) is 4.79 Å². The largest absolute Gasteiger partial charge is 0.380 e. The van der Waals surface area contributed by atoms with E-state index in [1.807, 2.05) is 18.2 Å². The zero-order valence-electron chi connectivity index (χ0n) is 12.6. The van der Waals surface area contributed by atoms with Crippen LogP contribution in [0, 0.1) is 5.92 Å². The van der Waals surface area contributed by atoms with Crippen molar-refractivity contribution in [1.82, 2.24) is 10.6 Å². The summed E-state index contributed by atoms with van der Waals surface area (Å²) in [5, 5.41) is 6.32. The second kappa shape index (κ2) is 9.77. The first-order chi connectivity index (χ1) is 9.78. The summed E-state index contributed by atoms with van der Waals surface area (Å²) in [6, 6.07) is 8.13. The van der Waals surface area contributed by atoms with Crippen molar-refractivity contribution in [2.75, 3.05) is 20.2 Å². The van der Waals surface area contributed by atoms with E-state index in [0.29, 0.717) is 25.5 Å². The highest BCUT2D eigenvalue weighted by molar-refractivity contribution is 5.85. The normalized spacial score (nSPS) is 17.3. The average Bonchev–Trinajstić information content (AvgIpc) is 2.97. The van der Waals surface area contributed by atoms with E-state index in [9.17, 15) is 4.79 Å². The SMILES string of the molecule is COCc1cccc(CNC(=O)CCC2CCNC2)c1.Cl. The first kappa shape index (κ1) is 18.0. The van der Waals surface area contributed by atoms with Crippen molar-refractivity contribution in [3.8, 4) is 0 Å². The number of halogens is 1. The summed E-state index contributed by atoms with van der Waals surface area (Å²) in [5.74, 6) is 0.819. The van der Waals surface area contributed by atoms with Crippen LogP contribution in [0.15, 0.2) is 24.3 Å². The van der Waals surface area contributed by atoms with Gasteiger partial charge in [0.05, 0.1) is 6.61 Å². The molecule has 1 amide bonds. The van der Waals surface area contributed by atoms with Crippen molar-refractivity contribution in [3.63, 3.8) is 0 Å². The summed E-state index contributed by atoms with van der Waals surface area (Å²) in [6.45, 7) is 3.36. The smallest absolute Gasteiger partial charge is 0.220 e. The van der Waals surface area contributed by atoms with Crippen LogP contribution in [-0.4, -0.2) is 26.1 Å². The van der Waals surface area contributed by atoms with E-state index in [1.165, 1.54) is 6.42 Å². The summed E-state index contributed by atoms with van der Waals surface area (Å²) in [7, 11) is 1.69. The van der Waals surface area contributed by atoms with Crippen molar-refractivity contribution >= 4 is 18.3 Å². The Morgan fingerprint density at radius 3 is 2.95 bits per heavy atom. The Kier molecular flexibility index (Phi) is 8.35. The molecule has 2 N–H and O–H groups in total. The third-order valence-corrected chi connectivity index (χ3v) is 3.73. The second-order valence-electron chi connectivity index (χ2n) is 5.43. The minimum atomic E-state index is 0. The molecule has 1 aliphatic heterocycles. The standard InChI is InChI=1S/C16H24N2O2.ClH/c1-20-12-15-4-2-3-14(9-15)11-18-16(19)6-5-13-7-8-17-10-13;/h2-4,9,13,17H,5-8,10-12H2,1H3,(H,18,19);1H. The number of hydrogen-bond acceptors (Lipinski definition) is 3. The Morgan fingerprint density at radius 2 is 2.24 bits per heavy atom. The molecule has 1 fully saturated rings. The van der Waals surface area contributed by atoms with E-state index in [0.717, 1.165) is 30.6 Å². The van der Waals surface area contributed by atoms with Gasteiger partial charge in [-0.25, -0.2) is 0 Å². The molecule has 5 heteroatoms. The molecule has 0 aromatic heterocycles. The Hall–Kier alpha value is -1.10. The molecule has 0 spiro atoms. The lowest BCUT2D eigenvalue weighted by molar-refractivity contribution is -0.121.